The average Bonchev–Trinajstić information content (AvgIpc) is 2.43. The zero-order valence-electron chi connectivity index (χ0n) is 11.9. The standard InChI is InChI=1S/C15H22FN3/c1-4-12(2)19(3)9-8-18-11-14-7-5-6-13(10-17)15(14)16/h5-7,12,18H,4,8-9,11H2,1-3H3. The van der Waals surface area contributed by atoms with Gasteiger partial charge < -0.3 is 10.2 Å². The van der Waals surface area contributed by atoms with E-state index in [0.717, 1.165) is 19.5 Å². The SMILES string of the molecule is CCC(C)N(C)CCNCc1cccc(C#N)c1F. The van der Waals surface area contributed by atoms with Crippen LogP contribution < -0.4 is 5.32 Å². The second kappa shape index (κ2) is 7.88. The van der Waals surface area contributed by atoms with Crippen LogP contribution in [0.25, 0.3) is 0 Å². The van der Waals surface area contributed by atoms with Crippen LogP contribution in [0.4, 0.5) is 4.39 Å². The molecule has 19 heavy (non-hydrogen) atoms. The van der Waals surface area contributed by atoms with Crippen molar-refractivity contribution in [3.05, 3.63) is 35.1 Å². The summed E-state index contributed by atoms with van der Waals surface area (Å²) >= 11 is 0. The van der Waals surface area contributed by atoms with E-state index in [-0.39, 0.29) is 5.56 Å². The number of hydrogen-bond acceptors (Lipinski definition) is 3. The first-order valence-corrected chi connectivity index (χ1v) is 6.68. The molecule has 0 aliphatic carbocycles. The Morgan fingerprint density at radius 3 is 2.84 bits per heavy atom. The van der Waals surface area contributed by atoms with Crippen LogP contribution in [-0.4, -0.2) is 31.1 Å². The average molecular weight is 263 g/mol. The zero-order valence-corrected chi connectivity index (χ0v) is 11.9. The highest BCUT2D eigenvalue weighted by molar-refractivity contribution is 5.34. The van der Waals surface area contributed by atoms with Crippen LogP contribution in [0.3, 0.4) is 0 Å². The van der Waals surface area contributed by atoms with Crippen LogP contribution in [0, 0.1) is 17.1 Å². The number of nitriles is 1. The maximum atomic E-state index is 13.8. The van der Waals surface area contributed by atoms with Crippen LogP contribution in [0.2, 0.25) is 0 Å². The summed E-state index contributed by atoms with van der Waals surface area (Å²) in [5, 5.41) is 12.0. The van der Waals surface area contributed by atoms with Gasteiger partial charge in [0.1, 0.15) is 11.9 Å². The second-order valence-corrected chi connectivity index (χ2v) is 4.81. The molecular weight excluding hydrogens is 241 g/mol. The summed E-state index contributed by atoms with van der Waals surface area (Å²) in [6.07, 6.45) is 1.12. The molecule has 0 amide bonds. The van der Waals surface area contributed by atoms with Gasteiger partial charge in [0.25, 0.3) is 0 Å². The molecule has 1 aromatic rings. The molecule has 1 rings (SSSR count). The smallest absolute Gasteiger partial charge is 0.145 e. The first-order valence-electron chi connectivity index (χ1n) is 6.68. The molecule has 0 aliphatic heterocycles. The van der Waals surface area contributed by atoms with E-state index in [2.05, 4.69) is 31.1 Å². The largest absolute Gasteiger partial charge is 0.311 e. The molecule has 4 heteroatoms. The Kier molecular flexibility index (Phi) is 6.48. The minimum atomic E-state index is -0.409. The summed E-state index contributed by atoms with van der Waals surface area (Å²) in [5.74, 6) is -0.409. The number of nitrogens with zero attached hydrogens (tertiary/aromatic N) is 2. The number of benzene rings is 1. The Bertz CT molecular complexity index is 440. The molecule has 0 heterocycles. The lowest BCUT2D eigenvalue weighted by molar-refractivity contribution is 0.251. The Morgan fingerprint density at radius 1 is 1.47 bits per heavy atom. The van der Waals surface area contributed by atoms with Gasteiger partial charge in [-0.1, -0.05) is 19.1 Å². The molecule has 0 saturated carbocycles. The normalized spacial score (nSPS) is 12.4. The van der Waals surface area contributed by atoms with Gasteiger partial charge in [-0.05, 0) is 26.5 Å². The van der Waals surface area contributed by atoms with E-state index in [1.807, 2.05) is 6.07 Å². The lowest BCUT2D eigenvalue weighted by Gasteiger charge is -2.23. The topological polar surface area (TPSA) is 39.1 Å². The van der Waals surface area contributed by atoms with Crippen molar-refractivity contribution in [3.63, 3.8) is 0 Å². The van der Waals surface area contributed by atoms with Crippen LogP contribution >= 0.6 is 0 Å². The van der Waals surface area contributed by atoms with Gasteiger partial charge in [0.05, 0.1) is 5.56 Å². The van der Waals surface area contributed by atoms with Crippen molar-refractivity contribution in [3.8, 4) is 6.07 Å². The fourth-order valence-corrected chi connectivity index (χ4v) is 1.81. The van der Waals surface area contributed by atoms with Gasteiger partial charge in [0.2, 0.25) is 0 Å². The Labute approximate surface area is 115 Å². The quantitative estimate of drug-likeness (QED) is 0.768. The minimum absolute atomic E-state index is 0.107. The van der Waals surface area contributed by atoms with Crippen LogP contribution in [0.15, 0.2) is 18.2 Å². The third kappa shape index (κ3) is 4.62. The highest BCUT2D eigenvalue weighted by atomic mass is 19.1. The summed E-state index contributed by atoms with van der Waals surface area (Å²) in [6.45, 7) is 6.54. The Morgan fingerprint density at radius 2 is 2.21 bits per heavy atom. The molecule has 0 aliphatic rings. The van der Waals surface area contributed by atoms with E-state index < -0.39 is 5.82 Å². The summed E-state index contributed by atoms with van der Waals surface area (Å²) in [5.41, 5.74) is 0.654. The number of hydrogen-bond donors (Lipinski definition) is 1. The monoisotopic (exact) mass is 263 g/mol. The van der Waals surface area contributed by atoms with Crippen molar-refractivity contribution < 1.29 is 4.39 Å². The van der Waals surface area contributed by atoms with E-state index >= 15 is 0 Å². The van der Waals surface area contributed by atoms with Crippen molar-refractivity contribution in [2.45, 2.75) is 32.9 Å². The van der Waals surface area contributed by atoms with Crippen molar-refractivity contribution >= 4 is 0 Å². The number of likely N-dealkylation sites (N-methyl/N-ethyl adjacent to an activating group) is 1. The van der Waals surface area contributed by atoms with Crippen LogP contribution in [0.5, 0.6) is 0 Å². The van der Waals surface area contributed by atoms with Gasteiger partial charge in [-0.15, -0.1) is 0 Å². The van der Waals surface area contributed by atoms with Crippen molar-refractivity contribution in [1.82, 2.24) is 10.2 Å². The molecule has 0 fully saturated rings. The number of halogens is 1. The maximum Gasteiger partial charge on any atom is 0.145 e. The highest BCUT2D eigenvalue weighted by Crippen LogP contribution is 2.11. The van der Waals surface area contributed by atoms with Gasteiger partial charge in [-0.3, -0.25) is 0 Å². The summed E-state index contributed by atoms with van der Waals surface area (Å²) in [6, 6.07) is 7.33. The van der Waals surface area contributed by atoms with Crippen LogP contribution in [0.1, 0.15) is 31.4 Å². The summed E-state index contributed by atoms with van der Waals surface area (Å²) < 4.78 is 13.8. The lowest BCUT2D eigenvalue weighted by Crippen LogP contribution is -2.34. The van der Waals surface area contributed by atoms with E-state index in [9.17, 15) is 4.39 Å². The lowest BCUT2D eigenvalue weighted by atomic mass is 10.1. The number of nitrogens with one attached hydrogen (secondary N) is 1. The molecule has 0 spiro atoms. The summed E-state index contributed by atoms with van der Waals surface area (Å²) in [4.78, 5) is 2.27. The van der Waals surface area contributed by atoms with Crippen LogP contribution in [-0.2, 0) is 6.54 Å². The van der Waals surface area contributed by atoms with Crippen molar-refractivity contribution in [1.29, 1.82) is 5.26 Å². The minimum Gasteiger partial charge on any atom is -0.311 e. The predicted octanol–water partition coefficient (Wildman–Crippen LogP) is 2.52. The van der Waals surface area contributed by atoms with Gasteiger partial charge in [0, 0.05) is 31.2 Å². The molecule has 1 N–H and O–H groups in total. The van der Waals surface area contributed by atoms with Crippen molar-refractivity contribution in [2.24, 2.45) is 0 Å². The van der Waals surface area contributed by atoms with Gasteiger partial charge >= 0.3 is 0 Å². The molecule has 0 radical (unpaired) electrons. The predicted molar refractivity (Wildman–Crippen MR) is 75.2 cm³/mol. The molecule has 1 unspecified atom stereocenters. The fourth-order valence-electron chi connectivity index (χ4n) is 1.81. The Hall–Kier alpha value is -1.44. The molecule has 3 nitrogen and oxygen atoms in total. The molecule has 0 bridgehead atoms. The van der Waals surface area contributed by atoms with Gasteiger partial charge in [-0.25, -0.2) is 4.39 Å². The summed E-state index contributed by atoms with van der Waals surface area (Å²) in [7, 11) is 2.09. The van der Waals surface area contributed by atoms with E-state index in [0.29, 0.717) is 18.2 Å². The molecule has 0 aromatic heterocycles. The molecule has 104 valence electrons. The first-order chi connectivity index (χ1) is 9.10. The first kappa shape index (κ1) is 15.6. The van der Waals surface area contributed by atoms with Gasteiger partial charge in [0.15, 0.2) is 0 Å². The van der Waals surface area contributed by atoms with E-state index in [1.54, 1.807) is 12.1 Å². The number of rotatable bonds is 7. The highest BCUT2D eigenvalue weighted by Gasteiger charge is 2.08. The zero-order chi connectivity index (χ0) is 14.3. The third-order valence-corrected chi connectivity index (χ3v) is 3.50. The Balaban J connectivity index is 2.40. The van der Waals surface area contributed by atoms with Crippen molar-refractivity contribution in [2.75, 3.05) is 20.1 Å². The van der Waals surface area contributed by atoms with E-state index in [4.69, 9.17) is 5.26 Å². The molecule has 1 atom stereocenters. The van der Waals surface area contributed by atoms with Gasteiger partial charge in [-0.2, -0.15) is 5.26 Å². The molecule has 0 saturated heterocycles. The fraction of sp³-hybridized carbons (Fsp3) is 0.533. The van der Waals surface area contributed by atoms with E-state index in [1.165, 1.54) is 6.07 Å². The molecular formula is C15H22FN3. The maximum absolute atomic E-state index is 13.8. The molecule has 1 aromatic carbocycles. The third-order valence-electron chi connectivity index (χ3n) is 3.50. The second-order valence-electron chi connectivity index (χ2n) is 4.81.